The average molecular weight is 393 g/mol. The zero-order valence-corrected chi connectivity index (χ0v) is 14.0. The molecule has 0 amide bonds. The lowest BCUT2D eigenvalue weighted by Crippen LogP contribution is -2.14. The van der Waals surface area contributed by atoms with Crippen LogP contribution in [0.25, 0.3) is 0 Å². The summed E-state index contributed by atoms with van der Waals surface area (Å²) >= 11 is 9.16. The van der Waals surface area contributed by atoms with Crippen molar-refractivity contribution >= 4 is 43.2 Å². The van der Waals surface area contributed by atoms with Crippen molar-refractivity contribution in [2.45, 2.75) is 4.90 Å². The topological polar surface area (TPSA) is 75.6 Å². The Balaban J connectivity index is 2.47. The normalized spacial score (nSPS) is 11.2. The molecule has 0 spiro atoms. The maximum absolute atomic E-state index is 12.4. The van der Waals surface area contributed by atoms with Crippen molar-refractivity contribution in [3.8, 4) is 11.5 Å². The van der Waals surface area contributed by atoms with E-state index in [1.165, 1.54) is 31.4 Å². The predicted molar refractivity (Wildman–Crippen MR) is 84.6 cm³/mol. The van der Waals surface area contributed by atoms with Gasteiger partial charge in [0.1, 0.15) is 22.1 Å². The molecule has 0 unspecified atom stereocenters. The third-order valence-corrected chi connectivity index (χ3v) is 4.97. The third kappa shape index (κ3) is 3.42. The fourth-order valence-corrected chi connectivity index (χ4v) is 3.80. The number of methoxy groups -OCH3 is 1. The maximum atomic E-state index is 12.4. The molecule has 0 bridgehead atoms. The van der Waals surface area contributed by atoms with E-state index in [0.29, 0.717) is 4.47 Å². The summed E-state index contributed by atoms with van der Waals surface area (Å²) in [4.78, 5) is -0.0994. The van der Waals surface area contributed by atoms with Crippen LogP contribution < -0.4 is 9.46 Å². The Morgan fingerprint density at radius 2 is 2.00 bits per heavy atom. The smallest absolute Gasteiger partial charge is 0.263 e. The van der Waals surface area contributed by atoms with Crippen molar-refractivity contribution < 1.29 is 18.3 Å². The van der Waals surface area contributed by atoms with Gasteiger partial charge in [0.2, 0.25) is 0 Å². The summed E-state index contributed by atoms with van der Waals surface area (Å²) < 4.78 is 32.7. The lowest BCUT2D eigenvalue weighted by Gasteiger charge is -2.14. The number of nitrogens with one attached hydrogen (secondary N) is 1. The van der Waals surface area contributed by atoms with Crippen LogP contribution in [0.5, 0.6) is 11.5 Å². The molecular weight excluding hydrogens is 382 g/mol. The van der Waals surface area contributed by atoms with E-state index >= 15 is 0 Å². The second-order valence-electron chi connectivity index (χ2n) is 4.03. The molecule has 21 heavy (non-hydrogen) atoms. The second-order valence-corrected chi connectivity index (χ2v) is 7.01. The van der Waals surface area contributed by atoms with E-state index in [0.717, 1.165) is 0 Å². The van der Waals surface area contributed by atoms with Crippen LogP contribution in [0.1, 0.15) is 0 Å². The van der Waals surface area contributed by atoms with E-state index in [9.17, 15) is 13.5 Å². The highest BCUT2D eigenvalue weighted by atomic mass is 79.9. The Morgan fingerprint density at radius 3 is 2.62 bits per heavy atom. The van der Waals surface area contributed by atoms with Crippen molar-refractivity contribution in [1.82, 2.24) is 0 Å². The first-order valence-corrected chi connectivity index (χ1v) is 8.34. The van der Waals surface area contributed by atoms with Crippen molar-refractivity contribution in [3.05, 3.63) is 45.9 Å². The molecule has 0 radical (unpaired) electrons. The summed E-state index contributed by atoms with van der Waals surface area (Å²) in [6.07, 6.45) is 0. The van der Waals surface area contributed by atoms with Gasteiger partial charge in [-0.2, -0.15) is 0 Å². The van der Waals surface area contributed by atoms with Gasteiger partial charge in [0, 0.05) is 4.47 Å². The molecule has 0 aromatic heterocycles. The van der Waals surface area contributed by atoms with Gasteiger partial charge in [-0.1, -0.05) is 33.6 Å². The molecular formula is C13H11BrClNO4S. The first kappa shape index (κ1) is 15.9. The number of ether oxygens (including phenoxy) is 1. The summed E-state index contributed by atoms with van der Waals surface area (Å²) in [6.45, 7) is 0. The quantitative estimate of drug-likeness (QED) is 0.779. The van der Waals surface area contributed by atoms with Crippen LogP contribution in [0.15, 0.2) is 45.8 Å². The average Bonchev–Trinajstić information content (AvgIpc) is 2.40. The van der Waals surface area contributed by atoms with Gasteiger partial charge in [-0.25, -0.2) is 8.42 Å². The number of halogens is 2. The summed E-state index contributed by atoms with van der Waals surface area (Å²) in [5.74, 6) is -0.0435. The van der Waals surface area contributed by atoms with Crippen LogP contribution in [0.3, 0.4) is 0 Å². The zero-order chi connectivity index (χ0) is 15.6. The maximum Gasteiger partial charge on any atom is 0.263 e. The number of phenolic OH excluding ortho intramolecular Hbond substituents is 1. The van der Waals surface area contributed by atoms with Crippen LogP contribution in [-0.4, -0.2) is 20.6 Å². The number of sulfonamides is 1. The highest BCUT2D eigenvalue weighted by Gasteiger charge is 2.21. The van der Waals surface area contributed by atoms with Crippen LogP contribution >= 0.6 is 27.5 Å². The first-order valence-electron chi connectivity index (χ1n) is 5.69. The number of aromatic hydroxyl groups is 1. The van der Waals surface area contributed by atoms with E-state index in [-0.39, 0.29) is 27.1 Å². The largest absolute Gasteiger partial charge is 0.506 e. The monoisotopic (exact) mass is 391 g/mol. The molecule has 0 fully saturated rings. The summed E-state index contributed by atoms with van der Waals surface area (Å²) in [5.41, 5.74) is -0.0426. The van der Waals surface area contributed by atoms with Crippen molar-refractivity contribution in [3.63, 3.8) is 0 Å². The number of hydrogen-bond donors (Lipinski definition) is 2. The van der Waals surface area contributed by atoms with Crippen LogP contribution in [0, 0.1) is 0 Å². The number of benzene rings is 2. The van der Waals surface area contributed by atoms with Crippen LogP contribution in [0.4, 0.5) is 5.69 Å². The van der Waals surface area contributed by atoms with Crippen molar-refractivity contribution in [1.29, 1.82) is 0 Å². The van der Waals surface area contributed by atoms with Gasteiger partial charge in [0.05, 0.1) is 12.1 Å². The molecule has 0 aliphatic carbocycles. The van der Waals surface area contributed by atoms with E-state index in [1.54, 1.807) is 12.1 Å². The molecule has 0 saturated heterocycles. The molecule has 0 atom stereocenters. The molecule has 0 saturated carbocycles. The number of para-hydroxylation sites is 1. The molecule has 2 rings (SSSR count). The Kier molecular flexibility index (Phi) is 4.65. The molecule has 0 aliphatic heterocycles. The minimum atomic E-state index is -3.96. The molecule has 8 heteroatoms. The molecule has 0 aliphatic rings. The first-order chi connectivity index (χ1) is 9.85. The molecule has 2 aromatic rings. The van der Waals surface area contributed by atoms with Crippen molar-refractivity contribution in [2.24, 2.45) is 0 Å². The van der Waals surface area contributed by atoms with Crippen LogP contribution in [0.2, 0.25) is 5.02 Å². The predicted octanol–water partition coefficient (Wildman–Crippen LogP) is 3.62. The minimum Gasteiger partial charge on any atom is -0.506 e. The molecule has 2 aromatic carbocycles. The van der Waals surface area contributed by atoms with Gasteiger partial charge >= 0.3 is 0 Å². The Bertz CT molecular complexity index is 780. The lowest BCUT2D eigenvalue weighted by atomic mass is 10.3. The fourth-order valence-electron chi connectivity index (χ4n) is 1.67. The number of phenols is 1. The lowest BCUT2D eigenvalue weighted by molar-refractivity contribution is 0.411. The Hall–Kier alpha value is -1.44. The van der Waals surface area contributed by atoms with Gasteiger partial charge in [0.15, 0.2) is 0 Å². The Labute approximate surface area is 135 Å². The molecule has 0 heterocycles. The third-order valence-electron chi connectivity index (χ3n) is 2.64. The van der Waals surface area contributed by atoms with Gasteiger partial charge in [-0.05, 0) is 30.3 Å². The highest BCUT2D eigenvalue weighted by Crippen LogP contribution is 2.36. The van der Waals surface area contributed by atoms with Crippen LogP contribution in [-0.2, 0) is 10.0 Å². The number of anilines is 1. The van der Waals surface area contributed by atoms with E-state index in [4.69, 9.17) is 16.3 Å². The number of hydrogen-bond acceptors (Lipinski definition) is 4. The molecule has 5 nitrogen and oxygen atoms in total. The van der Waals surface area contributed by atoms with Gasteiger partial charge < -0.3 is 9.84 Å². The molecule has 2 N–H and O–H groups in total. The minimum absolute atomic E-state index is 0.0426. The highest BCUT2D eigenvalue weighted by molar-refractivity contribution is 9.10. The SMILES string of the molecule is COc1cccc(O)c1NS(=O)(=O)c1ccc(Br)cc1Cl. The summed E-state index contributed by atoms with van der Waals surface area (Å²) in [7, 11) is -2.58. The van der Waals surface area contributed by atoms with Gasteiger partial charge in [0.25, 0.3) is 10.0 Å². The van der Waals surface area contributed by atoms with E-state index in [2.05, 4.69) is 20.7 Å². The summed E-state index contributed by atoms with van der Waals surface area (Å²) in [5, 5.41) is 9.86. The van der Waals surface area contributed by atoms with E-state index in [1.807, 2.05) is 0 Å². The fraction of sp³-hybridized carbons (Fsp3) is 0.0769. The number of rotatable bonds is 4. The zero-order valence-electron chi connectivity index (χ0n) is 10.8. The summed E-state index contributed by atoms with van der Waals surface area (Å²) in [6, 6.07) is 8.81. The van der Waals surface area contributed by atoms with E-state index < -0.39 is 10.0 Å². The van der Waals surface area contributed by atoms with Crippen molar-refractivity contribution in [2.75, 3.05) is 11.8 Å². The van der Waals surface area contributed by atoms with Gasteiger partial charge in [-0.3, -0.25) is 4.72 Å². The Morgan fingerprint density at radius 1 is 1.29 bits per heavy atom. The molecule has 112 valence electrons. The standard InChI is InChI=1S/C13H11BrClNO4S/c1-20-11-4-2-3-10(17)13(11)16-21(18,19)12-6-5-8(14)7-9(12)15/h2-7,16-17H,1H3. The van der Waals surface area contributed by atoms with Gasteiger partial charge in [-0.15, -0.1) is 0 Å². The second kappa shape index (κ2) is 6.13.